The van der Waals surface area contributed by atoms with Gasteiger partial charge in [-0.1, -0.05) is 17.8 Å². The molecule has 1 aliphatic rings. The molecule has 1 amide bonds. The van der Waals surface area contributed by atoms with Gasteiger partial charge in [-0.2, -0.15) is 0 Å². The average molecular weight is 335 g/mol. The lowest BCUT2D eigenvalue weighted by atomic mass is 10.0. The molecule has 0 aliphatic carbocycles. The lowest BCUT2D eigenvalue weighted by molar-refractivity contribution is -0.131. The lowest BCUT2D eigenvalue weighted by Crippen LogP contribution is -2.42. The van der Waals surface area contributed by atoms with Gasteiger partial charge in [-0.05, 0) is 44.4 Å². The van der Waals surface area contributed by atoms with Crippen molar-refractivity contribution in [3.05, 3.63) is 30.1 Å². The molecule has 0 radical (unpaired) electrons. The van der Waals surface area contributed by atoms with Crippen LogP contribution >= 0.6 is 11.8 Å². The number of hydrogen-bond donors (Lipinski definition) is 0. The number of aromatic nitrogens is 2. The second-order valence-electron chi connectivity index (χ2n) is 5.60. The SMILES string of the molecule is CC1CCCCN1C(=O)CSc1nnc(-c2cccc(F)c2)o1. The number of rotatable bonds is 4. The second-order valence-corrected chi connectivity index (χ2v) is 6.53. The first-order chi connectivity index (χ1) is 11.1. The first-order valence-electron chi connectivity index (χ1n) is 7.65. The van der Waals surface area contributed by atoms with Crippen LogP contribution in [0.3, 0.4) is 0 Å². The third kappa shape index (κ3) is 3.90. The standard InChI is InChI=1S/C16H18FN3O2S/c1-11-5-2-3-8-20(11)14(21)10-23-16-19-18-15(22-16)12-6-4-7-13(17)9-12/h4,6-7,9,11H,2-3,5,8,10H2,1H3. The van der Waals surface area contributed by atoms with E-state index < -0.39 is 0 Å². The number of piperidine rings is 1. The number of benzene rings is 1. The molecule has 1 saturated heterocycles. The summed E-state index contributed by atoms with van der Waals surface area (Å²) in [4.78, 5) is 14.2. The fraction of sp³-hybridized carbons (Fsp3) is 0.438. The summed E-state index contributed by atoms with van der Waals surface area (Å²) < 4.78 is 18.7. The van der Waals surface area contributed by atoms with Crippen molar-refractivity contribution in [1.82, 2.24) is 15.1 Å². The van der Waals surface area contributed by atoms with Crippen molar-refractivity contribution >= 4 is 17.7 Å². The Bertz CT molecular complexity index is 691. The molecule has 23 heavy (non-hydrogen) atoms. The number of carbonyl (C=O) groups excluding carboxylic acids is 1. The molecule has 1 aliphatic heterocycles. The first-order valence-corrected chi connectivity index (χ1v) is 8.64. The third-order valence-corrected chi connectivity index (χ3v) is 4.72. The molecule has 0 spiro atoms. The Morgan fingerprint density at radius 2 is 2.30 bits per heavy atom. The molecule has 2 aromatic rings. The van der Waals surface area contributed by atoms with Crippen LogP contribution < -0.4 is 0 Å². The maximum atomic E-state index is 13.2. The van der Waals surface area contributed by atoms with Gasteiger partial charge in [-0.15, -0.1) is 10.2 Å². The second kappa shape index (κ2) is 7.12. The van der Waals surface area contributed by atoms with Gasteiger partial charge < -0.3 is 9.32 Å². The molecule has 0 bridgehead atoms. The fourth-order valence-electron chi connectivity index (χ4n) is 2.68. The fourth-order valence-corrected chi connectivity index (χ4v) is 3.33. The Morgan fingerprint density at radius 3 is 3.09 bits per heavy atom. The topological polar surface area (TPSA) is 59.2 Å². The minimum Gasteiger partial charge on any atom is -0.411 e. The van der Waals surface area contributed by atoms with E-state index in [0.29, 0.717) is 16.8 Å². The molecule has 122 valence electrons. The maximum absolute atomic E-state index is 13.2. The molecule has 2 heterocycles. The number of thioether (sulfide) groups is 1. The van der Waals surface area contributed by atoms with Crippen LogP contribution in [0.2, 0.25) is 0 Å². The van der Waals surface area contributed by atoms with Gasteiger partial charge >= 0.3 is 0 Å². The minimum absolute atomic E-state index is 0.0905. The van der Waals surface area contributed by atoms with Crippen molar-refractivity contribution in [1.29, 1.82) is 0 Å². The molecule has 0 saturated carbocycles. The summed E-state index contributed by atoms with van der Waals surface area (Å²) in [5.41, 5.74) is 0.528. The van der Waals surface area contributed by atoms with E-state index in [9.17, 15) is 9.18 Å². The molecule has 1 atom stereocenters. The molecule has 5 nitrogen and oxygen atoms in total. The van der Waals surface area contributed by atoms with Crippen molar-refractivity contribution in [2.75, 3.05) is 12.3 Å². The smallest absolute Gasteiger partial charge is 0.277 e. The Morgan fingerprint density at radius 1 is 1.43 bits per heavy atom. The summed E-state index contributed by atoms with van der Waals surface area (Å²) in [5, 5.41) is 8.14. The first kappa shape index (κ1) is 16.0. The zero-order valence-corrected chi connectivity index (χ0v) is 13.7. The van der Waals surface area contributed by atoms with E-state index >= 15 is 0 Å². The molecule has 1 fully saturated rings. The average Bonchev–Trinajstić information content (AvgIpc) is 3.02. The lowest BCUT2D eigenvalue weighted by Gasteiger charge is -2.33. The van der Waals surface area contributed by atoms with Crippen LogP contribution in [-0.2, 0) is 4.79 Å². The zero-order chi connectivity index (χ0) is 16.2. The monoisotopic (exact) mass is 335 g/mol. The van der Waals surface area contributed by atoms with Gasteiger partial charge in [0, 0.05) is 18.2 Å². The van der Waals surface area contributed by atoms with Crippen molar-refractivity contribution in [3.8, 4) is 11.5 Å². The van der Waals surface area contributed by atoms with Crippen LogP contribution in [0.15, 0.2) is 33.9 Å². The number of amides is 1. The normalized spacial score (nSPS) is 18.2. The van der Waals surface area contributed by atoms with Crippen LogP contribution in [0.4, 0.5) is 4.39 Å². The number of likely N-dealkylation sites (tertiary alicyclic amines) is 1. The van der Waals surface area contributed by atoms with Gasteiger partial charge in [0.15, 0.2) is 0 Å². The number of hydrogen-bond acceptors (Lipinski definition) is 5. The van der Waals surface area contributed by atoms with Gasteiger partial charge in [0.05, 0.1) is 5.75 Å². The van der Waals surface area contributed by atoms with Gasteiger partial charge in [0.25, 0.3) is 5.22 Å². The van der Waals surface area contributed by atoms with Crippen LogP contribution in [0.25, 0.3) is 11.5 Å². The van der Waals surface area contributed by atoms with Crippen LogP contribution in [0.5, 0.6) is 0 Å². The number of carbonyl (C=O) groups is 1. The van der Waals surface area contributed by atoms with Gasteiger partial charge in [0.1, 0.15) is 5.82 Å². The van der Waals surface area contributed by atoms with Crippen LogP contribution in [0.1, 0.15) is 26.2 Å². The summed E-state index contributed by atoms with van der Waals surface area (Å²) in [7, 11) is 0. The van der Waals surface area contributed by atoms with E-state index in [1.807, 2.05) is 4.90 Å². The summed E-state index contributed by atoms with van der Waals surface area (Å²) in [6.45, 7) is 2.90. The molecule has 7 heteroatoms. The Labute approximate surface area is 138 Å². The van der Waals surface area contributed by atoms with Crippen molar-refractivity contribution < 1.29 is 13.6 Å². The van der Waals surface area contributed by atoms with E-state index in [1.54, 1.807) is 12.1 Å². The highest BCUT2D eigenvalue weighted by molar-refractivity contribution is 7.99. The van der Waals surface area contributed by atoms with Crippen molar-refractivity contribution in [2.24, 2.45) is 0 Å². The highest BCUT2D eigenvalue weighted by atomic mass is 32.2. The van der Waals surface area contributed by atoms with E-state index in [2.05, 4.69) is 17.1 Å². The zero-order valence-electron chi connectivity index (χ0n) is 12.9. The molecule has 0 N–H and O–H groups in total. The quantitative estimate of drug-likeness (QED) is 0.802. The van der Waals surface area contributed by atoms with Crippen LogP contribution in [-0.4, -0.2) is 39.3 Å². The largest absolute Gasteiger partial charge is 0.411 e. The van der Waals surface area contributed by atoms with Gasteiger partial charge in [-0.3, -0.25) is 4.79 Å². The van der Waals surface area contributed by atoms with Crippen LogP contribution in [0, 0.1) is 5.82 Å². The maximum Gasteiger partial charge on any atom is 0.277 e. The summed E-state index contributed by atoms with van der Waals surface area (Å²) in [6, 6.07) is 6.27. The van der Waals surface area contributed by atoms with E-state index in [1.165, 1.54) is 30.3 Å². The Hall–Kier alpha value is -1.89. The summed E-state index contributed by atoms with van der Waals surface area (Å²) >= 11 is 1.22. The highest BCUT2D eigenvalue weighted by Crippen LogP contribution is 2.25. The third-order valence-electron chi connectivity index (χ3n) is 3.92. The van der Waals surface area contributed by atoms with Gasteiger partial charge in [0.2, 0.25) is 11.8 Å². The van der Waals surface area contributed by atoms with Gasteiger partial charge in [-0.25, -0.2) is 4.39 Å². The number of halogens is 1. The van der Waals surface area contributed by atoms with E-state index in [-0.39, 0.29) is 23.4 Å². The molecule has 3 rings (SSSR count). The Balaban J connectivity index is 1.60. The van der Waals surface area contributed by atoms with Crippen molar-refractivity contribution in [3.63, 3.8) is 0 Å². The molecule has 1 aromatic carbocycles. The minimum atomic E-state index is -0.357. The highest BCUT2D eigenvalue weighted by Gasteiger charge is 2.23. The van der Waals surface area contributed by atoms with Crippen molar-refractivity contribution in [2.45, 2.75) is 37.5 Å². The summed E-state index contributed by atoms with van der Waals surface area (Å²) in [6.07, 6.45) is 3.30. The predicted octanol–water partition coefficient (Wildman–Crippen LogP) is 3.37. The molecule has 1 unspecified atom stereocenters. The molecular formula is C16H18FN3O2S. The van der Waals surface area contributed by atoms with E-state index in [0.717, 1.165) is 19.4 Å². The predicted molar refractivity (Wildman–Crippen MR) is 85.4 cm³/mol. The molecule has 1 aromatic heterocycles. The number of nitrogens with zero attached hydrogens (tertiary/aromatic N) is 3. The Kier molecular flexibility index (Phi) is 4.95. The summed E-state index contributed by atoms with van der Waals surface area (Å²) in [5.74, 6) is 0.262. The molecular weight excluding hydrogens is 317 g/mol. The van der Waals surface area contributed by atoms with E-state index in [4.69, 9.17) is 4.42 Å².